The van der Waals surface area contributed by atoms with E-state index >= 15 is 0 Å². The van der Waals surface area contributed by atoms with Gasteiger partial charge in [-0.05, 0) is 12.1 Å². The molecular formula is C11H12Cl2N3O+. The van der Waals surface area contributed by atoms with E-state index in [1.54, 1.807) is 23.1 Å². The number of hydrogen-bond acceptors (Lipinski definition) is 2. The van der Waals surface area contributed by atoms with Gasteiger partial charge in [-0.1, -0.05) is 29.3 Å². The first-order valence-electron chi connectivity index (χ1n) is 5.15. The third-order valence-electron chi connectivity index (χ3n) is 2.34. The summed E-state index contributed by atoms with van der Waals surface area (Å²) in [6.45, 7) is 1.21. The highest BCUT2D eigenvalue weighted by Crippen LogP contribution is 2.21. The molecule has 2 aromatic rings. The van der Waals surface area contributed by atoms with Crippen molar-refractivity contribution in [1.82, 2.24) is 9.78 Å². The normalized spacial score (nSPS) is 10.8. The Balaban J connectivity index is 2.13. The molecule has 0 atom stereocenters. The Morgan fingerprint density at radius 1 is 1.35 bits per heavy atom. The summed E-state index contributed by atoms with van der Waals surface area (Å²) in [5.74, 6) is 0. The van der Waals surface area contributed by atoms with E-state index < -0.39 is 0 Å². The minimum absolute atomic E-state index is 0.0953. The Kier molecular flexibility index (Phi) is 3.99. The van der Waals surface area contributed by atoms with Gasteiger partial charge in [0.1, 0.15) is 6.54 Å². The fourth-order valence-corrected chi connectivity index (χ4v) is 1.97. The summed E-state index contributed by atoms with van der Waals surface area (Å²) < 4.78 is 3.56. The molecule has 6 heteroatoms. The SMILES string of the molecule is OCC[n+]1cnn(Cc2ccc(Cl)cc2Cl)c1. The molecule has 0 aliphatic heterocycles. The van der Waals surface area contributed by atoms with E-state index in [4.69, 9.17) is 28.3 Å². The molecule has 0 radical (unpaired) electrons. The van der Waals surface area contributed by atoms with Gasteiger partial charge in [0, 0.05) is 20.7 Å². The summed E-state index contributed by atoms with van der Waals surface area (Å²) in [5, 5.41) is 14.2. The van der Waals surface area contributed by atoms with Crippen LogP contribution in [0.3, 0.4) is 0 Å². The molecule has 0 unspecified atom stereocenters. The third-order valence-corrected chi connectivity index (χ3v) is 2.92. The summed E-state index contributed by atoms with van der Waals surface area (Å²) >= 11 is 11.9. The van der Waals surface area contributed by atoms with Crippen LogP contribution in [0.1, 0.15) is 5.56 Å². The van der Waals surface area contributed by atoms with Crippen molar-refractivity contribution < 1.29 is 9.67 Å². The van der Waals surface area contributed by atoms with Gasteiger partial charge in [0.05, 0.1) is 13.2 Å². The Morgan fingerprint density at radius 2 is 2.18 bits per heavy atom. The van der Waals surface area contributed by atoms with Crippen LogP contribution in [0, 0.1) is 0 Å². The molecule has 2 rings (SSSR count). The Bertz CT molecular complexity index is 513. The van der Waals surface area contributed by atoms with Gasteiger partial charge in [-0.3, -0.25) is 0 Å². The van der Waals surface area contributed by atoms with E-state index in [0.29, 0.717) is 23.1 Å². The fraction of sp³-hybridized carbons (Fsp3) is 0.273. The van der Waals surface area contributed by atoms with E-state index in [1.165, 1.54) is 0 Å². The monoisotopic (exact) mass is 272 g/mol. The number of aromatic nitrogens is 3. The van der Waals surface area contributed by atoms with Gasteiger partial charge in [0.2, 0.25) is 6.33 Å². The molecule has 1 N–H and O–H groups in total. The number of aliphatic hydroxyl groups is 1. The van der Waals surface area contributed by atoms with E-state index in [-0.39, 0.29) is 6.61 Å². The predicted molar refractivity (Wildman–Crippen MR) is 65.1 cm³/mol. The molecule has 1 aromatic heterocycles. The first kappa shape index (κ1) is 12.4. The Morgan fingerprint density at radius 3 is 2.88 bits per heavy atom. The summed E-state index contributed by atoms with van der Waals surface area (Å²) in [7, 11) is 0. The average molecular weight is 273 g/mol. The molecular weight excluding hydrogens is 261 g/mol. The molecule has 1 aromatic carbocycles. The maximum atomic E-state index is 8.80. The molecule has 1 heterocycles. The van der Waals surface area contributed by atoms with Gasteiger partial charge in [-0.25, -0.2) is 4.57 Å². The van der Waals surface area contributed by atoms with Crippen molar-refractivity contribution in [2.24, 2.45) is 0 Å². The van der Waals surface area contributed by atoms with Crippen molar-refractivity contribution in [2.45, 2.75) is 13.1 Å². The van der Waals surface area contributed by atoms with Crippen LogP contribution < -0.4 is 4.57 Å². The number of nitrogens with zero attached hydrogens (tertiary/aromatic N) is 3. The van der Waals surface area contributed by atoms with Crippen molar-refractivity contribution in [3.8, 4) is 0 Å². The van der Waals surface area contributed by atoms with Crippen molar-refractivity contribution in [3.63, 3.8) is 0 Å². The van der Waals surface area contributed by atoms with Crippen LogP contribution in [-0.4, -0.2) is 21.5 Å². The standard InChI is InChI=1S/C11H12Cl2N3O/c12-10-2-1-9(11(13)5-10)6-16-8-15(3-4-17)7-14-16/h1-2,5,7-8,17H,3-4,6H2/q+1. The molecule has 0 aliphatic carbocycles. The fourth-order valence-electron chi connectivity index (χ4n) is 1.50. The van der Waals surface area contributed by atoms with Gasteiger partial charge in [-0.15, -0.1) is 4.68 Å². The molecule has 0 aliphatic rings. The van der Waals surface area contributed by atoms with Crippen molar-refractivity contribution in [2.75, 3.05) is 6.61 Å². The highest BCUT2D eigenvalue weighted by molar-refractivity contribution is 6.35. The summed E-state index contributed by atoms with van der Waals surface area (Å²) in [4.78, 5) is 0. The number of rotatable bonds is 4. The van der Waals surface area contributed by atoms with Crippen LogP contribution >= 0.6 is 23.2 Å². The molecule has 90 valence electrons. The minimum Gasteiger partial charge on any atom is -0.393 e. The quantitative estimate of drug-likeness (QED) is 0.858. The van der Waals surface area contributed by atoms with Gasteiger partial charge in [-0.2, -0.15) is 0 Å². The summed E-state index contributed by atoms with van der Waals surface area (Å²) in [5.41, 5.74) is 0.954. The highest BCUT2D eigenvalue weighted by Gasteiger charge is 2.09. The molecule has 0 saturated heterocycles. The zero-order chi connectivity index (χ0) is 12.3. The lowest BCUT2D eigenvalue weighted by atomic mass is 10.2. The summed E-state index contributed by atoms with van der Waals surface area (Å²) in [6, 6.07) is 5.39. The van der Waals surface area contributed by atoms with Crippen molar-refractivity contribution in [1.29, 1.82) is 0 Å². The van der Waals surface area contributed by atoms with Crippen LogP contribution in [0.4, 0.5) is 0 Å². The van der Waals surface area contributed by atoms with Gasteiger partial charge in [0.15, 0.2) is 0 Å². The van der Waals surface area contributed by atoms with Crippen LogP contribution in [0.5, 0.6) is 0 Å². The van der Waals surface area contributed by atoms with E-state index in [2.05, 4.69) is 5.10 Å². The smallest absolute Gasteiger partial charge is 0.265 e. The molecule has 0 spiro atoms. The largest absolute Gasteiger partial charge is 0.393 e. The molecule has 0 amide bonds. The molecule has 4 nitrogen and oxygen atoms in total. The number of hydrogen-bond donors (Lipinski definition) is 1. The second-order valence-electron chi connectivity index (χ2n) is 3.64. The average Bonchev–Trinajstić information content (AvgIpc) is 2.71. The maximum absolute atomic E-state index is 8.80. The molecule has 0 bridgehead atoms. The topological polar surface area (TPSA) is 41.9 Å². The predicted octanol–water partition coefficient (Wildman–Crippen LogP) is 1.52. The molecule has 0 fully saturated rings. The number of aliphatic hydroxyl groups excluding tert-OH is 1. The van der Waals surface area contributed by atoms with E-state index in [0.717, 1.165) is 5.56 Å². The van der Waals surface area contributed by atoms with Crippen molar-refractivity contribution in [3.05, 3.63) is 46.5 Å². The Labute approximate surface area is 109 Å². The number of benzene rings is 1. The van der Waals surface area contributed by atoms with Gasteiger partial charge >= 0.3 is 0 Å². The second-order valence-corrected chi connectivity index (χ2v) is 4.48. The zero-order valence-electron chi connectivity index (χ0n) is 9.05. The highest BCUT2D eigenvalue weighted by atomic mass is 35.5. The zero-order valence-corrected chi connectivity index (χ0v) is 10.6. The van der Waals surface area contributed by atoms with Crippen LogP contribution in [0.2, 0.25) is 10.0 Å². The van der Waals surface area contributed by atoms with Gasteiger partial charge in [0.25, 0.3) is 6.33 Å². The second kappa shape index (κ2) is 5.49. The van der Waals surface area contributed by atoms with Crippen LogP contribution in [-0.2, 0) is 13.1 Å². The minimum atomic E-state index is 0.0953. The lowest BCUT2D eigenvalue weighted by molar-refractivity contribution is -0.698. The summed E-state index contributed by atoms with van der Waals surface area (Å²) in [6.07, 6.45) is 3.49. The van der Waals surface area contributed by atoms with Gasteiger partial charge < -0.3 is 5.11 Å². The molecule has 0 saturated carbocycles. The lowest BCUT2D eigenvalue weighted by Crippen LogP contribution is -2.32. The van der Waals surface area contributed by atoms with E-state index in [9.17, 15) is 0 Å². The molecule has 17 heavy (non-hydrogen) atoms. The third kappa shape index (κ3) is 3.19. The van der Waals surface area contributed by atoms with Crippen molar-refractivity contribution >= 4 is 23.2 Å². The number of halogens is 2. The lowest BCUT2D eigenvalue weighted by Gasteiger charge is -2.00. The first-order valence-corrected chi connectivity index (χ1v) is 5.91. The first-order chi connectivity index (χ1) is 8.19. The van der Waals surface area contributed by atoms with E-state index in [1.807, 2.05) is 17.0 Å². The van der Waals surface area contributed by atoms with Crippen LogP contribution in [0.25, 0.3) is 0 Å². The maximum Gasteiger partial charge on any atom is 0.265 e. The van der Waals surface area contributed by atoms with Crippen LogP contribution in [0.15, 0.2) is 30.9 Å². The Hall–Kier alpha value is -1.10.